The molecular formula is C16H23ClN4O2S2. The Bertz CT molecular complexity index is 806. The van der Waals surface area contributed by atoms with Gasteiger partial charge in [-0.2, -0.15) is 0 Å². The van der Waals surface area contributed by atoms with Gasteiger partial charge in [0.15, 0.2) is 0 Å². The van der Waals surface area contributed by atoms with Crippen molar-refractivity contribution in [3.05, 3.63) is 34.8 Å². The minimum Gasteiger partial charge on any atom is -0.327 e. The third kappa shape index (κ3) is 4.49. The number of nitrogens with one attached hydrogen (secondary N) is 1. The second-order valence-corrected chi connectivity index (χ2v) is 9.17. The fraction of sp³-hybridized carbons (Fsp3) is 0.500. The molecule has 9 heteroatoms. The monoisotopic (exact) mass is 402 g/mol. The van der Waals surface area contributed by atoms with Gasteiger partial charge in [-0.15, -0.1) is 22.6 Å². The van der Waals surface area contributed by atoms with Crippen LogP contribution in [0.25, 0.3) is 0 Å². The van der Waals surface area contributed by atoms with Crippen LogP contribution in [0.2, 0.25) is 0 Å². The van der Waals surface area contributed by atoms with Crippen molar-refractivity contribution in [3.63, 3.8) is 0 Å². The number of nitrogens with zero attached hydrogens (tertiary/aromatic N) is 2. The van der Waals surface area contributed by atoms with Gasteiger partial charge >= 0.3 is 0 Å². The van der Waals surface area contributed by atoms with E-state index in [1.807, 2.05) is 26.0 Å². The van der Waals surface area contributed by atoms with E-state index in [0.717, 1.165) is 29.8 Å². The molecule has 25 heavy (non-hydrogen) atoms. The number of hydrogen-bond donors (Lipinski definition) is 2. The van der Waals surface area contributed by atoms with Crippen molar-refractivity contribution < 1.29 is 8.42 Å². The quantitative estimate of drug-likeness (QED) is 0.797. The van der Waals surface area contributed by atoms with E-state index < -0.39 is 10.0 Å². The Balaban J connectivity index is 0.00000225. The first-order chi connectivity index (χ1) is 11.4. The summed E-state index contributed by atoms with van der Waals surface area (Å²) in [6.07, 6.45) is 3.22. The Hall–Kier alpha value is -1.22. The van der Waals surface area contributed by atoms with Gasteiger partial charge in [0.25, 0.3) is 10.0 Å². The molecule has 3 N–H and O–H groups in total. The molecule has 1 aliphatic rings. The van der Waals surface area contributed by atoms with E-state index in [1.54, 1.807) is 12.1 Å². The van der Waals surface area contributed by atoms with Gasteiger partial charge in [0.05, 0.1) is 4.90 Å². The van der Waals surface area contributed by atoms with Crippen LogP contribution in [0.5, 0.6) is 0 Å². The Kier molecular flexibility index (Phi) is 6.42. The second kappa shape index (κ2) is 7.99. The summed E-state index contributed by atoms with van der Waals surface area (Å²) in [5, 5.41) is 8.99. The zero-order valence-corrected chi connectivity index (χ0v) is 16.6. The van der Waals surface area contributed by atoms with Crippen molar-refractivity contribution in [2.75, 3.05) is 4.72 Å². The maximum atomic E-state index is 12.5. The predicted octanol–water partition coefficient (Wildman–Crippen LogP) is 3.48. The first-order valence-electron chi connectivity index (χ1n) is 8.08. The fourth-order valence-corrected chi connectivity index (χ4v) is 4.96. The third-order valence-corrected chi connectivity index (χ3v) is 6.97. The molecule has 1 heterocycles. The van der Waals surface area contributed by atoms with Crippen molar-refractivity contribution in [2.24, 2.45) is 5.73 Å². The molecule has 6 nitrogen and oxygen atoms in total. The zero-order valence-electron chi connectivity index (χ0n) is 14.2. The molecule has 3 rings (SSSR count). The molecule has 0 radical (unpaired) electrons. The molecule has 2 atom stereocenters. The predicted molar refractivity (Wildman–Crippen MR) is 103 cm³/mol. The minimum atomic E-state index is -3.65. The van der Waals surface area contributed by atoms with E-state index >= 15 is 0 Å². The van der Waals surface area contributed by atoms with Crippen LogP contribution in [-0.4, -0.2) is 24.7 Å². The van der Waals surface area contributed by atoms with Crippen LogP contribution in [0.15, 0.2) is 29.2 Å². The van der Waals surface area contributed by atoms with Crippen LogP contribution in [-0.2, 0) is 10.0 Å². The molecular weight excluding hydrogens is 380 g/mol. The summed E-state index contributed by atoms with van der Waals surface area (Å²) >= 11 is 1.26. The normalized spacial score (nSPS) is 20.5. The van der Waals surface area contributed by atoms with E-state index in [0.29, 0.717) is 11.0 Å². The summed E-state index contributed by atoms with van der Waals surface area (Å²) in [6, 6.07) is 7.16. The smallest absolute Gasteiger partial charge is 0.263 e. The highest BCUT2D eigenvalue weighted by atomic mass is 35.5. The molecule has 2 aromatic rings. The average Bonchev–Trinajstić information content (AvgIpc) is 3.16. The van der Waals surface area contributed by atoms with Gasteiger partial charge in [-0.1, -0.05) is 43.7 Å². The summed E-state index contributed by atoms with van der Waals surface area (Å²) in [5.41, 5.74) is 7.23. The molecule has 0 saturated heterocycles. The van der Waals surface area contributed by atoms with E-state index in [2.05, 4.69) is 14.9 Å². The molecule has 2 unspecified atom stereocenters. The Morgan fingerprint density at radius 3 is 2.40 bits per heavy atom. The lowest BCUT2D eigenvalue weighted by atomic mass is 9.95. The lowest BCUT2D eigenvalue weighted by Crippen LogP contribution is -2.22. The first kappa shape index (κ1) is 20.1. The summed E-state index contributed by atoms with van der Waals surface area (Å²) in [4.78, 5) is 0.221. The fourth-order valence-electron chi connectivity index (χ4n) is 2.98. The lowest BCUT2D eigenvalue weighted by Gasteiger charge is -2.16. The Morgan fingerprint density at radius 2 is 1.88 bits per heavy atom. The van der Waals surface area contributed by atoms with E-state index in [-0.39, 0.29) is 29.3 Å². The van der Waals surface area contributed by atoms with Gasteiger partial charge in [0, 0.05) is 12.0 Å². The molecule has 0 aliphatic heterocycles. The lowest BCUT2D eigenvalue weighted by molar-refractivity contribution is 0.600. The number of nitrogens with two attached hydrogens (primary N) is 1. The van der Waals surface area contributed by atoms with Gasteiger partial charge in [-0.05, 0) is 36.5 Å². The van der Waals surface area contributed by atoms with Gasteiger partial charge in [0.2, 0.25) is 5.13 Å². The van der Waals surface area contributed by atoms with Crippen molar-refractivity contribution in [1.82, 2.24) is 10.2 Å². The summed E-state index contributed by atoms with van der Waals surface area (Å²) < 4.78 is 27.5. The number of anilines is 1. The average molecular weight is 403 g/mol. The number of hydrogen-bond acceptors (Lipinski definition) is 6. The molecule has 1 saturated carbocycles. The third-order valence-electron chi connectivity index (χ3n) is 4.34. The van der Waals surface area contributed by atoms with E-state index in [1.165, 1.54) is 11.3 Å². The minimum absolute atomic E-state index is 0. The highest BCUT2D eigenvalue weighted by molar-refractivity contribution is 7.93. The zero-order chi connectivity index (χ0) is 17.3. The first-order valence-corrected chi connectivity index (χ1v) is 10.4. The highest BCUT2D eigenvalue weighted by Crippen LogP contribution is 2.34. The topological polar surface area (TPSA) is 98.0 Å². The molecule has 1 aliphatic carbocycles. The number of sulfonamides is 1. The second-order valence-electron chi connectivity index (χ2n) is 6.48. The largest absolute Gasteiger partial charge is 0.327 e. The maximum Gasteiger partial charge on any atom is 0.263 e. The van der Waals surface area contributed by atoms with Crippen LogP contribution in [0.4, 0.5) is 5.13 Å². The standard InChI is InChI=1S/C16H22N4O2S2.ClH/c1-10(2)15-18-19-16(23-15)20-24(21,22)12-8-6-11(7-9-12)13-4-3-5-14(13)17;/h6-10,13-14H,3-5,17H2,1-2H3,(H,19,20);1H. The van der Waals surface area contributed by atoms with E-state index in [4.69, 9.17) is 5.73 Å². The molecule has 1 aromatic heterocycles. The summed E-state index contributed by atoms with van der Waals surface area (Å²) in [6.45, 7) is 3.98. The molecule has 1 aromatic carbocycles. The van der Waals surface area contributed by atoms with E-state index in [9.17, 15) is 8.42 Å². The maximum absolute atomic E-state index is 12.5. The number of halogens is 1. The van der Waals surface area contributed by atoms with Crippen LogP contribution < -0.4 is 10.5 Å². The van der Waals surface area contributed by atoms with Crippen LogP contribution in [0.3, 0.4) is 0 Å². The summed E-state index contributed by atoms with van der Waals surface area (Å²) in [5.74, 6) is 0.544. The van der Waals surface area contributed by atoms with Crippen molar-refractivity contribution in [2.45, 2.75) is 55.9 Å². The van der Waals surface area contributed by atoms with Crippen LogP contribution in [0.1, 0.15) is 55.5 Å². The van der Waals surface area contributed by atoms with Gasteiger partial charge in [-0.25, -0.2) is 8.42 Å². The van der Waals surface area contributed by atoms with Gasteiger partial charge in [0.1, 0.15) is 5.01 Å². The molecule has 138 valence electrons. The summed E-state index contributed by atoms with van der Waals surface area (Å²) in [7, 11) is -3.65. The van der Waals surface area contributed by atoms with Gasteiger partial charge in [-0.3, -0.25) is 4.72 Å². The van der Waals surface area contributed by atoms with Crippen LogP contribution in [0, 0.1) is 0 Å². The van der Waals surface area contributed by atoms with Crippen molar-refractivity contribution in [3.8, 4) is 0 Å². The molecule has 0 amide bonds. The molecule has 0 bridgehead atoms. The number of rotatable bonds is 5. The van der Waals surface area contributed by atoms with Gasteiger partial charge < -0.3 is 5.73 Å². The SMILES string of the molecule is CC(C)c1nnc(NS(=O)(=O)c2ccc(C3CCCC3N)cc2)s1.Cl. The Labute approximate surface area is 158 Å². The van der Waals surface area contributed by atoms with Crippen molar-refractivity contribution in [1.29, 1.82) is 0 Å². The molecule has 1 fully saturated rings. The number of benzene rings is 1. The van der Waals surface area contributed by atoms with Crippen molar-refractivity contribution >= 4 is 38.9 Å². The van der Waals surface area contributed by atoms with Crippen LogP contribution >= 0.6 is 23.7 Å². The Morgan fingerprint density at radius 1 is 1.20 bits per heavy atom. The highest BCUT2D eigenvalue weighted by Gasteiger charge is 2.26. The number of aromatic nitrogens is 2. The molecule has 0 spiro atoms.